The molecule has 2 heterocycles. The Morgan fingerprint density at radius 2 is 2.00 bits per heavy atom. The van der Waals surface area contributed by atoms with Gasteiger partial charge in [0.15, 0.2) is 0 Å². The van der Waals surface area contributed by atoms with Crippen molar-refractivity contribution in [1.82, 2.24) is 14.7 Å². The van der Waals surface area contributed by atoms with E-state index in [0.717, 1.165) is 11.3 Å². The van der Waals surface area contributed by atoms with E-state index in [4.69, 9.17) is 9.47 Å². The van der Waals surface area contributed by atoms with Gasteiger partial charge >= 0.3 is 12.1 Å². The van der Waals surface area contributed by atoms with Crippen molar-refractivity contribution in [3.8, 4) is 5.75 Å². The number of carbonyl (C=O) groups excluding carboxylic acids is 2. The molecule has 26 heavy (non-hydrogen) atoms. The number of methoxy groups -OCH3 is 1. The van der Waals surface area contributed by atoms with Gasteiger partial charge in [0.2, 0.25) is 0 Å². The molecule has 3 rings (SSSR count). The van der Waals surface area contributed by atoms with Crippen LogP contribution in [0.3, 0.4) is 0 Å². The molecule has 1 atom stereocenters. The summed E-state index contributed by atoms with van der Waals surface area (Å²) in [7, 11) is 1.63. The van der Waals surface area contributed by atoms with Crippen molar-refractivity contribution in [2.24, 2.45) is 0 Å². The molecule has 142 valence electrons. The second kappa shape index (κ2) is 7.05. The average molecular weight is 361 g/mol. The molecule has 7 nitrogen and oxygen atoms in total. The van der Waals surface area contributed by atoms with Crippen LogP contribution in [0.1, 0.15) is 26.3 Å². The summed E-state index contributed by atoms with van der Waals surface area (Å²) in [6, 6.07) is 7.78. The van der Waals surface area contributed by atoms with Crippen molar-refractivity contribution in [3.05, 3.63) is 29.8 Å². The normalized spacial score (nSPS) is 20.2. The Bertz CT molecular complexity index is 686. The van der Waals surface area contributed by atoms with Crippen molar-refractivity contribution >= 4 is 12.1 Å². The first-order valence-electron chi connectivity index (χ1n) is 8.93. The number of hydrogen-bond acceptors (Lipinski definition) is 4. The number of piperazine rings is 1. The Hall–Kier alpha value is -2.44. The third kappa shape index (κ3) is 4.03. The Labute approximate surface area is 154 Å². The van der Waals surface area contributed by atoms with Gasteiger partial charge in [0.1, 0.15) is 11.4 Å². The standard InChI is InChI=1S/C19H27N3O4/c1-19(2,3)26-18(24)20-8-9-22-15(12-20)13-21(17(22)23)11-14-6-5-7-16(10-14)25-4/h5-7,10,15H,8-9,11-13H2,1-4H3. The second-order valence-electron chi connectivity index (χ2n) is 7.79. The number of fused-ring (bicyclic) bond motifs is 1. The van der Waals surface area contributed by atoms with Crippen LogP contribution in [0, 0.1) is 0 Å². The zero-order valence-electron chi connectivity index (χ0n) is 15.9. The smallest absolute Gasteiger partial charge is 0.410 e. The van der Waals surface area contributed by atoms with E-state index in [-0.39, 0.29) is 18.2 Å². The number of hydrogen-bond donors (Lipinski definition) is 0. The van der Waals surface area contributed by atoms with Gasteiger partial charge in [-0.3, -0.25) is 0 Å². The van der Waals surface area contributed by atoms with Crippen molar-refractivity contribution in [1.29, 1.82) is 0 Å². The van der Waals surface area contributed by atoms with E-state index < -0.39 is 5.60 Å². The van der Waals surface area contributed by atoms with E-state index in [1.54, 1.807) is 12.0 Å². The molecule has 7 heteroatoms. The fourth-order valence-corrected chi connectivity index (χ4v) is 3.39. The first kappa shape index (κ1) is 18.4. The zero-order valence-corrected chi connectivity index (χ0v) is 15.9. The van der Waals surface area contributed by atoms with Crippen LogP contribution in [0.4, 0.5) is 9.59 Å². The van der Waals surface area contributed by atoms with Gasteiger partial charge in [0.05, 0.1) is 13.2 Å². The average Bonchev–Trinajstić information content (AvgIpc) is 2.89. The minimum absolute atomic E-state index is 0.00868. The van der Waals surface area contributed by atoms with E-state index in [0.29, 0.717) is 32.7 Å². The van der Waals surface area contributed by atoms with Crippen LogP contribution in [0.5, 0.6) is 5.75 Å². The molecule has 0 radical (unpaired) electrons. The molecule has 2 aliphatic heterocycles. The van der Waals surface area contributed by atoms with Crippen LogP contribution in [0.15, 0.2) is 24.3 Å². The number of ether oxygens (including phenoxy) is 2. The molecule has 0 aromatic heterocycles. The quantitative estimate of drug-likeness (QED) is 0.830. The number of rotatable bonds is 3. The van der Waals surface area contributed by atoms with Crippen LogP contribution in [0.2, 0.25) is 0 Å². The Morgan fingerprint density at radius 3 is 2.69 bits per heavy atom. The highest BCUT2D eigenvalue weighted by atomic mass is 16.6. The topological polar surface area (TPSA) is 62.3 Å². The summed E-state index contributed by atoms with van der Waals surface area (Å²) in [4.78, 5) is 30.4. The molecule has 1 unspecified atom stereocenters. The lowest BCUT2D eigenvalue weighted by atomic mass is 10.2. The molecule has 0 saturated carbocycles. The summed E-state index contributed by atoms with van der Waals surface area (Å²) in [6.07, 6.45) is -0.309. The van der Waals surface area contributed by atoms with Crippen molar-refractivity contribution in [2.75, 3.05) is 33.3 Å². The van der Waals surface area contributed by atoms with Gasteiger partial charge in [-0.15, -0.1) is 0 Å². The van der Waals surface area contributed by atoms with E-state index in [2.05, 4.69) is 0 Å². The van der Waals surface area contributed by atoms with E-state index in [1.807, 2.05) is 54.8 Å². The summed E-state index contributed by atoms with van der Waals surface area (Å²) in [5.41, 5.74) is 0.513. The maximum absolute atomic E-state index is 12.7. The van der Waals surface area contributed by atoms with E-state index >= 15 is 0 Å². The molecule has 3 amide bonds. The van der Waals surface area contributed by atoms with Crippen LogP contribution in [-0.4, -0.2) is 71.8 Å². The van der Waals surface area contributed by atoms with Gasteiger partial charge in [-0.2, -0.15) is 0 Å². The van der Waals surface area contributed by atoms with Crippen LogP contribution in [-0.2, 0) is 11.3 Å². The highest BCUT2D eigenvalue weighted by Gasteiger charge is 2.42. The Balaban J connectivity index is 1.63. The lowest BCUT2D eigenvalue weighted by molar-refractivity contribution is 0.0127. The predicted octanol–water partition coefficient (Wildman–Crippen LogP) is 2.55. The molecule has 0 spiro atoms. The first-order chi connectivity index (χ1) is 12.3. The van der Waals surface area contributed by atoms with E-state index in [1.165, 1.54) is 0 Å². The maximum atomic E-state index is 12.7. The fourth-order valence-electron chi connectivity index (χ4n) is 3.39. The van der Waals surface area contributed by atoms with E-state index in [9.17, 15) is 9.59 Å². The summed E-state index contributed by atoms with van der Waals surface area (Å²) in [5.74, 6) is 0.781. The van der Waals surface area contributed by atoms with Gasteiger partial charge in [0.25, 0.3) is 0 Å². The fraction of sp³-hybridized carbons (Fsp3) is 0.579. The minimum Gasteiger partial charge on any atom is -0.497 e. The van der Waals surface area contributed by atoms with Crippen LogP contribution >= 0.6 is 0 Å². The molecule has 1 aromatic carbocycles. The number of urea groups is 1. The highest BCUT2D eigenvalue weighted by Crippen LogP contribution is 2.24. The van der Waals surface area contributed by atoms with Gasteiger partial charge in [-0.05, 0) is 38.5 Å². The van der Waals surface area contributed by atoms with Gasteiger partial charge in [0, 0.05) is 32.7 Å². The van der Waals surface area contributed by atoms with Gasteiger partial charge in [-0.25, -0.2) is 9.59 Å². The Kier molecular flexibility index (Phi) is 4.98. The number of carbonyl (C=O) groups is 2. The van der Waals surface area contributed by atoms with Crippen LogP contribution < -0.4 is 4.74 Å². The zero-order chi connectivity index (χ0) is 18.9. The lowest BCUT2D eigenvalue weighted by Crippen LogP contribution is -2.54. The molecular weight excluding hydrogens is 334 g/mol. The third-order valence-electron chi connectivity index (χ3n) is 4.59. The van der Waals surface area contributed by atoms with Crippen molar-refractivity contribution in [3.63, 3.8) is 0 Å². The molecule has 2 fully saturated rings. The number of nitrogens with zero attached hydrogens (tertiary/aromatic N) is 3. The third-order valence-corrected chi connectivity index (χ3v) is 4.59. The molecule has 2 aliphatic rings. The Morgan fingerprint density at radius 1 is 1.23 bits per heavy atom. The molecule has 0 N–H and O–H groups in total. The molecule has 2 saturated heterocycles. The summed E-state index contributed by atoms with van der Waals surface area (Å²) >= 11 is 0. The predicted molar refractivity (Wildman–Crippen MR) is 97.1 cm³/mol. The second-order valence-corrected chi connectivity index (χ2v) is 7.79. The largest absolute Gasteiger partial charge is 0.497 e. The molecule has 1 aromatic rings. The van der Waals surface area contributed by atoms with Gasteiger partial charge in [-0.1, -0.05) is 12.1 Å². The first-order valence-corrected chi connectivity index (χ1v) is 8.93. The number of amides is 3. The monoisotopic (exact) mass is 361 g/mol. The SMILES string of the molecule is COc1cccc(CN2CC3CN(C(=O)OC(C)(C)C)CCN3C2=O)c1. The van der Waals surface area contributed by atoms with Crippen LogP contribution in [0.25, 0.3) is 0 Å². The summed E-state index contributed by atoms with van der Waals surface area (Å²) < 4.78 is 10.7. The molecule has 0 bridgehead atoms. The molecule has 0 aliphatic carbocycles. The number of benzene rings is 1. The van der Waals surface area contributed by atoms with Crippen molar-refractivity contribution < 1.29 is 19.1 Å². The molecular formula is C19H27N3O4. The highest BCUT2D eigenvalue weighted by molar-refractivity contribution is 5.78. The lowest BCUT2D eigenvalue weighted by Gasteiger charge is -2.37. The maximum Gasteiger partial charge on any atom is 0.410 e. The minimum atomic E-state index is -0.516. The summed E-state index contributed by atoms with van der Waals surface area (Å²) in [5, 5.41) is 0. The van der Waals surface area contributed by atoms with Gasteiger partial charge < -0.3 is 24.2 Å². The summed E-state index contributed by atoms with van der Waals surface area (Å²) in [6.45, 7) is 8.27. The van der Waals surface area contributed by atoms with Crippen molar-refractivity contribution in [2.45, 2.75) is 39.0 Å².